The zero-order valence-corrected chi connectivity index (χ0v) is 13.2. The standard InChI is InChI=1S/C15H19F3N2O3/c1-14(2)9-20(7-10(23-14)8-22-3)13(21)11-4-5-19-6-12(11)15(16,17)18/h4-6,10H,7-9H2,1-3H3/t10-/m0/s1. The summed E-state index contributed by atoms with van der Waals surface area (Å²) in [7, 11) is 1.50. The number of carbonyl (C=O) groups excluding carboxylic acids is 1. The van der Waals surface area contributed by atoms with E-state index in [9.17, 15) is 18.0 Å². The number of amides is 1. The van der Waals surface area contributed by atoms with Gasteiger partial charge in [-0.25, -0.2) is 0 Å². The van der Waals surface area contributed by atoms with E-state index in [-0.39, 0.29) is 25.8 Å². The predicted octanol–water partition coefficient (Wildman–Crippen LogP) is 2.37. The van der Waals surface area contributed by atoms with Gasteiger partial charge in [0.05, 0.1) is 29.4 Å². The summed E-state index contributed by atoms with van der Waals surface area (Å²) in [5.74, 6) is -0.683. The smallest absolute Gasteiger partial charge is 0.382 e. The summed E-state index contributed by atoms with van der Waals surface area (Å²) in [5.41, 5.74) is -2.10. The molecule has 8 heteroatoms. The molecule has 1 aromatic heterocycles. The number of aromatic nitrogens is 1. The molecule has 0 radical (unpaired) electrons. The van der Waals surface area contributed by atoms with E-state index >= 15 is 0 Å². The number of pyridine rings is 1. The molecule has 1 saturated heterocycles. The Morgan fingerprint density at radius 3 is 2.83 bits per heavy atom. The Hall–Kier alpha value is -1.67. The fraction of sp³-hybridized carbons (Fsp3) is 0.600. The van der Waals surface area contributed by atoms with Crippen LogP contribution >= 0.6 is 0 Å². The molecule has 0 unspecified atom stereocenters. The van der Waals surface area contributed by atoms with Crippen molar-refractivity contribution in [1.29, 1.82) is 0 Å². The zero-order chi connectivity index (χ0) is 17.3. The van der Waals surface area contributed by atoms with Crippen LogP contribution < -0.4 is 0 Å². The molecule has 2 heterocycles. The second-order valence-electron chi connectivity index (χ2n) is 6.06. The lowest BCUT2D eigenvalue weighted by Gasteiger charge is -2.42. The summed E-state index contributed by atoms with van der Waals surface area (Å²) in [5, 5.41) is 0. The number of nitrogens with zero attached hydrogens (tertiary/aromatic N) is 2. The van der Waals surface area contributed by atoms with Crippen LogP contribution in [0.1, 0.15) is 29.8 Å². The number of methoxy groups -OCH3 is 1. The van der Waals surface area contributed by atoms with Gasteiger partial charge in [-0.15, -0.1) is 0 Å². The first-order valence-electron chi connectivity index (χ1n) is 7.11. The molecule has 0 N–H and O–H groups in total. The van der Waals surface area contributed by atoms with Crippen molar-refractivity contribution in [3.05, 3.63) is 29.6 Å². The lowest BCUT2D eigenvalue weighted by Crippen LogP contribution is -2.55. The van der Waals surface area contributed by atoms with Crippen molar-refractivity contribution in [1.82, 2.24) is 9.88 Å². The zero-order valence-electron chi connectivity index (χ0n) is 13.2. The van der Waals surface area contributed by atoms with Gasteiger partial charge in [-0.2, -0.15) is 13.2 Å². The Morgan fingerprint density at radius 1 is 1.52 bits per heavy atom. The third kappa shape index (κ3) is 4.20. The van der Waals surface area contributed by atoms with E-state index in [0.29, 0.717) is 6.20 Å². The summed E-state index contributed by atoms with van der Waals surface area (Å²) in [6, 6.07) is 1.10. The summed E-state index contributed by atoms with van der Waals surface area (Å²) in [6.07, 6.45) is -3.16. The molecule has 23 heavy (non-hydrogen) atoms. The molecule has 2 rings (SSSR count). The van der Waals surface area contributed by atoms with Crippen molar-refractivity contribution in [2.75, 3.05) is 26.8 Å². The largest absolute Gasteiger partial charge is 0.418 e. The van der Waals surface area contributed by atoms with Crippen LogP contribution in [0.25, 0.3) is 0 Å². The molecule has 1 aliphatic heterocycles. The fourth-order valence-corrected chi connectivity index (χ4v) is 2.70. The predicted molar refractivity (Wildman–Crippen MR) is 76.0 cm³/mol. The molecule has 5 nitrogen and oxygen atoms in total. The Labute approximate surface area is 132 Å². The van der Waals surface area contributed by atoms with E-state index in [2.05, 4.69) is 4.98 Å². The highest BCUT2D eigenvalue weighted by atomic mass is 19.4. The van der Waals surface area contributed by atoms with Gasteiger partial charge in [0, 0.05) is 32.6 Å². The highest BCUT2D eigenvalue weighted by Gasteiger charge is 2.40. The van der Waals surface area contributed by atoms with Gasteiger partial charge in [0.25, 0.3) is 5.91 Å². The van der Waals surface area contributed by atoms with E-state index < -0.39 is 28.8 Å². The van der Waals surface area contributed by atoms with Crippen LogP contribution in [0.2, 0.25) is 0 Å². The van der Waals surface area contributed by atoms with Crippen molar-refractivity contribution in [3.8, 4) is 0 Å². The number of ether oxygens (including phenoxy) is 2. The van der Waals surface area contributed by atoms with Gasteiger partial charge in [0.2, 0.25) is 0 Å². The van der Waals surface area contributed by atoms with E-state index in [1.54, 1.807) is 13.8 Å². The molecule has 1 fully saturated rings. The molecular formula is C15H19F3N2O3. The molecule has 1 atom stereocenters. The Balaban J connectivity index is 2.29. The molecular weight excluding hydrogens is 313 g/mol. The van der Waals surface area contributed by atoms with Crippen molar-refractivity contribution >= 4 is 5.91 Å². The second kappa shape index (κ2) is 6.45. The third-order valence-corrected chi connectivity index (χ3v) is 3.48. The SMILES string of the molecule is COC[C@@H]1CN(C(=O)c2ccncc2C(F)(F)F)CC(C)(C)O1. The Bertz CT molecular complexity index is 575. The third-order valence-electron chi connectivity index (χ3n) is 3.48. The second-order valence-corrected chi connectivity index (χ2v) is 6.06. The number of rotatable bonds is 3. The molecule has 0 spiro atoms. The minimum Gasteiger partial charge on any atom is -0.382 e. The van der Waals surface area contributed by atoms with Crippen LogP contribution in [0.5, 0.6) is 0 Å². The van der Waals surface area contributed by atoms with Crippen molar-refractivity contribution in [2.24, 2.45) is 0 Å². The van der Waals surface area contributed by atoms with E-state index in [1.807, 2.05) is 0 Å². The van der Waals surface area contributed by atoms with Gasteiger partial charge < -0.3 is 14.4 Å². The minimum atomic E-state index is -4.63. The lowest BCUT2D eigenvalue weighted by molar-refractivity contribution is -0.144. The topological polar surface area (TPSA) is 51.7 Å². The first-order chi connectivity index (χ1) is 10.6. The van der Waals surface area contributed by atoms with Gasteiger partial charge >= 0.3 is 6.18 Å². The number of hydrogen-bond acceptors (Lipinski definition) is 4. The van der Waals surface area contributed by atoms with Crippen LogP contribution in [-0.4, -0.2) is 54.3 Å². The first-order valence-corrected chi connectivity index (χ1v) is 7.11. The van der Waals surface area contributed by atoms with Crippen LogP contribution in [0.15, 0.2) is 18.5 Å². The van der Waals surface area contributed by atoms with E-state index in [4.69, 9.17) is 9.47 Å². The number of carbonyl (C=O) groups is 1. The van der Waals surface area contributed by atoms with Gasteiger partial charge in [-0.3, -0.25) is 9.78 Å². The maximum absolute atomic E-state index is 13.1. The molecule has 0 saturated carbocycles. The van der Waals surface area contributed by atoms with Crippen molar-refractivity contribution < 1.29 is 27.4 Å². The Kier molecular flexibility index (Phi) is 4.95. The van der Waals surface area contributed by atoms with Gasteiger partial charge in [0.1, 0.15) is 0 Å². The maximum Gasteiger partial charge on any atom is 0.418 e. The Morgan fingerprint density at radius 2 is 2.22 bits per heavy atom. The highest BCUT2D eigenvalue weighted by Crippen LogP contribution is 2.32. The quantitative estimate of drug-likeness (QED) is 0.853. The average molecular weight is 332 g/mol. The van der Waals surface area contributed by atoms with Crippen LogP contribution in [-0.2, 0) is 15.7 Å². The molecule has 1 aliphatic rings. The maximum atomic E-state index is 13.1. The number of morpholine rings is 1. The fourth-order valence-electron chi connectivity index (χ4n) is 2.70. The average Bonchev–Trinajstić information content (AvgIpc) is 2.44. The van der Waals surface area contributed by atoms with E-state index in [1.165, 1.54) is 18.2 Å². The van der Waals surface area contributed by atoms with Crippen molar-refractivity contribution in [2.45, 2.75) is 31.7 Å². The van der Waals surface area contributed by atoms with Crippen molar-refractivity contribution in [3.63, 3.8) is 0 Å². The molecule has 1 aromatic rings. The lowest BCUT2D eigenvalue weighted by atomic mass is 10.0. The minimum absolute atomic E-state index is 0.176. The molecule has 0 bridgehead atoms. The normalized spacial score (nSPS) is 21.3. The summed E-state index contributed by atoms with van der Waals surface area (Å²) in [6.45, 7) is 4.20. The number of halogens is 3. The molecule has 0 aliphatic carbocycles. The van der Waals surface area contributed by atoms with E-state index in [0.717, 1.165) is 6.07 Å². The molecule has 1 amide bonds. The molecule has 0 aromatic carbocycles. The van der Waals surface area contributed by atoms with Gasteiger partial charge in [0.15, 0.2) is 0 Å². The number of alkyl halides is 3. The van der Waals surface area contributed by atoms with Crippen LogP contribution in [0.3, 0.4) is 0 Å². The van der Waals surface area contributed by atoms with Crippen LogP contribution in [0, 0.1) is 0 Å². The first kappa shape index (κ1) is 17.7. The number of hydrogen-bond donors (Lipinski definition) is 0. The molecule has 128 valence electrons. The van der Waals surface area contributed by atoms with Gasteiger partial charge in [-0.1, -0.05) is 0 Å². The summed E-state index contributed by atoms with van der Waals surface area (Å²) in [4.78, 5) is 17.5. The summed E-state index contributed by atoms with van der Waals surface area (Å²) >= 11 is 0. The summed E-state index contributed by atoms with van der Waals surface area (Å²) < 4.78 is 50.0. The van der Waals surface area contributed by atoms with Gasteiger partial charge in [-0.05, 0) is 19.9 Å². The highest BCUT2D eigenvalue weighted by molar-refractivity contribution is 5.95. The monoisotopic (exact) mass is 332 g/mol. The van der Waals surface area contributed by atoms with Crippen LogP contribution in [0.4, 0.5) is 13.2 Å².